The molecule has 1 atom stereocenters. The van der Waals surface area contributed by atoms with E-state index in [0.717, 1.165) is 18.4 Å². The number of nitrogens with two attached hydrogens (primary N) is 1. The molecule has 0 aliphatic carbocycles. The van der Waals surface area contributed by atoms with E-state index in [1.807, 2.05) is 19.9 Å². The van der Waals surface area contributed by atoms with Crippen molar-refractivity contribution in [3.05, 3.63) is 29.3 Å². The number of aryl methyl sites for hydroxylation is 1. The van der Waals surface area contributed by atoms with Crippen molar-refractivity contribution in [3.8, 4) is 0 Å². The second kappa shape index (κ2) is 6.78. The molecule has 1 unspecified atom stereocenters. The standard InChI is InChI=1S/C14H20N2O3/c1-3-4-10(8-13(17)18)16-12-7-9(2)5-6-11(12)14(15)19/h5-7,10,16H,3-4,8H2,1-2H3,(H2,15,19)(H,17,18). The number of carbonyl (C=O) groups is 2. The van der Waals surface area contributed by atoms with Gasteiger partial charge in [-0.25, -0.2) is 0 Å². The minimum Gasteiger partial charge on any atom is -0.481 e. The molecule has 0 aliphatic rings. The maximum absolute atomic E-state index is 11.4. The highest BCUT2D eigenvalue weighted by Gasteiger charge is 2.15. The van der Waals surface area contributed by atoms with Crippen molar-refractivity contribution in [2.24, 2.45) is 5.73 Å². The lowest BCUT2D eigenvalue weighted by atomic mass is 10.0. The van der Waals surface area contributed by atoms with Crippen LogP contribution in [-0.2, 0) is 4.79 Å². The molecule has 104 valence electrons. The number of hydrogen-bond acceptors (Lipinski definition) is 3. The molecule has 0 bridgehead atoms. The lowest BCUT2D eigenvalue weighted by Gasteiger charge is -2.19. The molecular formula is C14H20N2O3. The summed E-state index contributed by atoms with van der Waals surface area (Å²) in [5.74, 6) is -1.38. The van der Waals surface area contributed by atoms with E-state index >= 15 is 0 Å². The van der Waals surface area contributed by atoms with Gasteiger partial charge in [-0.1, -0.05) is 19.4 Å². The van der Waals surface area contributed by atoms with E-state index in [1.165, 1.54) is 0 Å². The zero-order valence-electron chi connectivity index (χ0n) is 11.3. The quantitative estimate of drug-likeness (QED) is 0.703. The Balaban J connectivity index is 2.96. The number of primary amides is 1. The molecule has 1 amide bonds. The Hall–Kier alpha value is -2.04. The van der Waals surface area contributed by atoms with E-state index in [2.05, 4.69) is 5.32 Å². The van der Waals surface area contributed by atoms with Gasteiger partial charge in [-0.05, 0) is 31.0 Å². The summed E-state index contributed by atoms with van der Waals surface area (Å²) in [7, 11) is 0. The molecule has 5 heteroatoms. The van der Waals surface area contributed by atoms with Gasteiger partial charge in [0, 0.05) is 11.7 Å². The normalized spacial score (nSPS) is 11.9. The zero-order chi connectivity index (χ0) is 14.4. The second-order valence-corrected chi connectivity index (χ2v) is 4.64. The van der Waals surface area contributed by atoms with Crippen LogP contribution in [0.2, 0.25) is 0 Å². The Morgan fingerprint density at radius 1 is 1.42 bits per heavy atom. The number of anilines is 1. The SMILES string of the molecule is CCCC(CC(=O)O)Nc1cc(C)ccc1C(N)=O. The molecule has 0 fully saturated rings. The predicted octanol–water partition coefficient (Wildman–Crippen LogP) is 2.15. The number of rotatable bonds is 7. The molecule has 0 aromatic heterocycles. The van der Waals surface area contributed by atoms with Crippen LogP contribution >= 0.6 is 0 Å². The second-order valence-electron chi connectivity index (χ2n) is 4.64. The summed E-state index contributed by atoms with van der Waals surface area (Å²) in [5.41, 5.74) is 7.29. The number of hydrogen-bond donors (Lipinski definition) is 3. The number of amides is 1. The fourth-order valence-corrected chi connectivity index (χ4v) is 2.00. The summed E-state index contributed by atoms with van der Waals surface area (Å²) in [6.07, 6.45) is 1.60. The first-order valence-electron chi connectivity index (χ1n) is 6.32. The van der Waals surface area contributed by atoms with Crippen LogP contribution in [-0.4, -0.2) is 23.0 Å². The summed E-state index contributed by atoms with van der Waals surface area (Å²) in [6.45, 7) is 3.89. The topological polar surface area (TPSA) is 92.4 Å². The number of nitrogens with one attached hydrogen (secondary N) is 1. The summed E-state index contributed by atoms with van der Waals surface area (Å²) in [4.78, 5) is 22.2. The molecule has 1 rings (SSSR count). The Kier molecular flexibility index (Phi) is 5.36. The molecule has 1 aromatic carbocycles. The number of aliphatic carboxylic acids is 1. The molecule has 0 radical (unpaired) electrons. The zero-order valence-corrected chi connectivity index (χ0v) is 11.3. The first-order chi connectivity index (χ1) is 8.93. The molecule has 1 aromatic rings. The number of carboxylic acids is 1. The van der Waals surface area contributed by atoms with Gasteiger partial charge in [0.05, 0.1) is 12.0 Å². The molecule has 4 N–H and O–H groups in total. The average molecular weight is 264 g/mol. The Labute approximate surface area is 112 Å². The first-order valence-corrected chi connectivity index (χ1v) is 6.32. The van der Waals surface area contributed by atoms with Crippen LogP contribution in [0, 0.1) is 6.92 Å². The minimum absolute atomic E-state index is 0.0139. The lowest BCUT2D eigenvalue weighted by Crippen LogP contribution is -2.25. The van der Waals surface area contributed by atoms with E-state index in [1.54, 1.807) is 12.1 Å². The van der Waals surface area contributed by atoms with Gasteiger partial charge >= 0.3 is 5.97 Å². The van der Waals surface area contributed by atoms with Crippen LogP contribution in [0.15, 0.2) is 18.2 Å². The van der Waals surface area contributed by atoms with E-state index in [-0.39, 0.29) is 12.5 Å². The molecular weight excluding hydrogens is 244 g/mol. The maximum Gasteiger partial charge on any atom is 0.305 e. The fraction of sp³-hybridized carbons (Fsp3) is 0.429. The van der Waals surface area contributed by atoms with Gasteiger partial charge in [0.15, 0.2) is 0 Å². The van der Waals surface area contributed by atoms with Crippen molar-refractivity contribution in [1.82, 2.24) is 0 Å². The maximum atomic E-state index is 11.4. The highest BCUT2D eigenvalue weighted by molar-refractivity contribution is 5.98. The van der Waals surface area contributed by atoms with Crippen molar-refractivity contribution in [2.75, 3.05) is 5.32 Å². The summed E-state index contributed by atoms with van der Waals surface area (Å²) < 4.78 is 0. The van der Waals surface area contributed by atoms with Gasteiger partial charge in [0.25, 0.3) is 5.91 Å². The minimum atomic E-state index is -0.862. The fourth-order valence-electron chi connectivity index (χ4n) is 2.00. The Morgan fingerprint density at radius 2 is 2.11 bits per heavy atom. The van der Waals surface area contributed by atoms with Crippen LogP contribution in [0.25, 0.3) is 0 Å². The van der Waals surface area contributed by atoms with Crippen molar-refractivity contribution in [2.45, 2.75) is 39.2 Å². The van der Waals surface area contributed by atoms with Gasteiger partial charge in [-0.2, -0.15) is 0 Å². The molecule has 0 saturated heterocycles. The summed E-state index contributed by atoms with van der Waals surface area (Å²) in [5, 5.41) is 12.0. The van der Waals surface area contributed by atoms with Crippen LogP contribution in [0.4, 0.5) is 5.69 Å². The van der Waals surface area contributed by atoms with Gasteiger partial charge < -0.3 is 16.2 Å². The van der Waals surface area contributed by atoms with Gasteiger partial charge in [-0.3, -0.25) is 9.59 Å². The molecule has 0 saturated carbocycles. The highest BCUT2D eigenvalue weighted by atomic mass is 16.4. The van der Waals surface area contributed by atoms with E-state index in [9.17, 15) is 9.59 Å². The molecule has 0 spiro atoms. The predicted molar refractivity (Wildman–Crippen MR) is 74.3 cm³/mol. The van der Waals surface area contributed by atoms with Gasteiger partial charge in [0.1, 0.15) is 0 Å². The third-order valence-electron chi connectivity index (χ3n) is 2.86. The molecule has 5 nitrogen and oxygen atoms in total. The van der Waals surface area contributed by atoms with Crippen molar-refractivity contribution >= 4 is 17.6 Å². The third-order valence-corrected chi connectivity index (χ3v) is 2.86. The van der Waals surface area contributed by atoms with Crippen LogP contribution in [0.3, 0.4) is 0 Å². The van der Waals surface area contributed by atoms with Crippen molar-refractivity contribution in [1.29, 1.82) is 0 Å². The third kappa shape index (κ3) is 4.62. The van der Waals surface area contributed by atoms with E-state index in [0.29, 0.717) is 11.3 Å². The number of carboxylic acid groups (broad SMARTS) is 1. The van der Waals surface area contributed by atoms with Crippen LogP contribution < -0.4 is 11.1 Å². The van der Waals surface area contributed by atoms with E-state index in [4.69, 9.17) is 10.8 Å². The lowest BCUT2D eigenvalue weighted by molar-refractivity contribution is -0.137. The molecule has 19 heavy (non-hydrogen) atoms. The highest BCUT2D eigenvalue weighted by Crippen LogP contribution is 2.20. The van der Waals surface area contributed by atoms with Crippen molar-refractivity contribution in [3.63, 3.8) is 0 Å². The number of carbonyl (C=O) groups excluding carboxylic acids is 1. The Bertz CT molecular complexity index is 472. The average Bonchev–Trinajstić information content (AvgIpc) is 2.27. The van der Waals surface area contributed by atoms with Crippen molar-refractivity contribution < 1.29 is 14.7 Å². The number of benzene rings is 1. The smallest absolute Gasteiger partial charge is 0.305 e. The van der Waals surface area contributed by atoms with Crippen LogP contribution in [0.5, 0.6) is 0 Å². The van der Waals surface area contributed by atoms with E-state index < -0.39 is 11.9 Å². The van der Waals surface area contributed by atoms with Gasteiger partial charge in [0.2, 0.25) is 0 Å². The monoisotopic (exact) mass is 264 g/mol. The molecule has 0 heterocycles. The Morgan fingerprint density at radius 3 is 2.63 bits per heavy atom. The first kappa shape index (κ1) is 15.0. The summed E-state index contributed by atoms with van der Waals surface area (Å²) >= 11 is 0. The summed E-state index contributed by atoms with van der Waals surface area (Å²) in [6, 6.07) is 5.06. The molecule has 0 aliphatic heterocycles. The van der Waals surface area contributed by atoms with Gasteiger partial charge in [-0.15, -0.1) is 0 Å². The van der Waals surface area contributed by atoms with Crippen LogP contribution in [0.1, 0.15) is 42.1 Å². The largest absolute Gasteiger partial charge is 0.481 e.